The molecule has 132 valence electrons. The molecule has 2 aromatic carbocycles. The Bertz CT molecular complexity index is 769. The van der Waals surface area contributed by atoms with Crippen LogP contribution in [0, 0.1) is 12.7 Å². The Hall–Kier alpha value is -3.09. The van der Waals surface area contributed by atoms with Crippen molar-refractivity contribution in [2.75, 3.05) is 26.1 Å². The molecule has 0 atom stereocenters. The van der Waals surface area contributed by atoms with Crippen LogP contribution in [0.1, 0.15) is 15.9 Å². The SMILES string of the molecule is COc1cc(OC)cc(C(=O)OCC(=O)Nc2cc(F)ccc2C)c1. The molecule has 0 unspecified atom stereocenters. The second kappa shape index (κ2) is 8.14. The van der Waals surface area contributed by atoms with Crippen molar-refractivity contribution in [1.82, 2.24) is 0 Å². The van der Waals surface area contributed by atoms with Crippen LogP contribution in [-0.2, 0) is 9.53 Å². The van der Waals surface area contributed by atoms with E-state index in [2.05, 4.69) is 5.32 Å². The number of esters is 1. The molecule has 0 heterocycles. The molecule has 1 amide bonds. The maximum absolute atomic E-state index is 13.2. The first-order valence-electron chi connectivity index (χ1n) is 7.39. The summed E-state index contributed by atoms with van der Waals surface area (Å²) in [6.45, 7) is 1.22. The molecule has 0 bridgehead atoms. The number of amides is 1. The van der Waals surface area contributed by atoms with Crippen LogP contribution >= 0.6 is 0 Å². The third-order valence-electron chi connectivity index (χ3n) is 3.40. The van der Waals surface area contributed by atoms with E-state index in [1.807, 2.05) is 0 Å². The number of carbonyl (C=O) groups is 2. The number of carbonyl (C=O) groups excluding carboxylic acids is 2. The Labute approximate surface area is 144 Å². The zero-order chi connectivity index (χ0) is 18.4. The van der Waals surface area contributed by atoms with E-state index in [0.717, 1.165) is 0 Å². The zero-order valence-electron chi connectivity index (χ0n) is 14.1. The predicted octanol–water partition coefficient (Wildman–Crippen LogP) is 2.95. The minimum atomic E-state index is -0.705. The van der Waals surface area contributed by atoms with Crippen LogP contribution in [0.15, 0.2) is 36.4 Å². The molecular weight excluding hydrogens is 329 g/mol. The molecule has 2 aromatic rings. The zero-order valence-corrected chi connectivity index (χ0v) is 14.1. The number of nitrogens with one attached hydrogen (secondary N) is 1. The third kappa shape index (κ3) is 4.94. The van der Waals surface area contributed by atoms with Gasteiger partial charge in [0.2, 0.25) is 0 Å². The molecule has 6 nitrogen and oxygen atoms in total. The van der Waals surface area contributed by atoms with Crippen molar-refractivity contribution in [3.63, 3.8) is 0 Å². The van der Waals surface area contributed by atoms with Gasteiger partial charge in [0.25, 0.3) is 5.91 Å². The standard InChI is InChI=1S/C18H18FNO5/c1-11-4-5-13(19)8-16(11)20-17(21)10-25-18(22)12-6-14(23-2)9-15(7-12)24-3/h4-9H,10H2,1-3H3,(H,20,21). The molecular formula is C18H18FNO5. The van der Waals surface area contributed by atoms with Crippen molar-refractivity contribution < 1.29 is 28.2 Å². The fourth-order valence-electron chi connectivity index (χ4n) is 2.05. The van der Waals surface area contributed by atoms with Gasteiger partial charge in [-0.2, -0.15) is 0 Å². The topological polar surface area (TPSA) is 73.9 Å². The summed E-state index contributed by atoms with van der Waals surface area (Å²) in [6.07, 6.45) is 0. The normalized spacial score (nSPS) is 10.1. The number of halogens is 1. The molecule has 7 heteroatoms. The van der Waals surface area contributed by atoms with Gasteiger partial charge in [0, 0.05) is 11.8 Å². The monoisotopic (exact) mass is 347 g/mol. The molecule has 2 rings (SSSR count). The molecule has 0 aliphatic carbocycles. The fourth-order valence-corrected chi connectivity index (χ4v) is 2.05. The van der Waals surface area contributed by atoms with Crippen LogP contribution in [0.3, 0.4) is 0 Å². The Morgan fingerprint density at radius 2 is 1.68 bits per heavy atom. The average Bonchev–Trinajstić information content (AvgIpc) is 2.62. The van der Waals surface area contributed by atoms with E-state index in [4.69, 9.17) is 14.2 Å². The fraction of sp³-hybridized carbons (Fsp3) is 0.222. The summed E-state index contributed by atoms with van der Waals surface area (Å²) >= 11 is 0. The van der Waals surface area contributed by atoms with Crippen LogP contribution in [0.5, 0.6) is 11.5 Å². The van der Waals surface area contributed by atoms with E-state index in [-0.39, 0.29) is 5.56 Å². The lowest BCUT2D eigenvalue weighted by Gasteiger charge is -2.10. The number of anilines is 1. The molecule has 25 heavy (non-hydrogen) atoms. The first-order chi connectivity index (χ1) is 11.9. The van der Waals surface area contributed by atoms with Crippen molar-refractivity contribution in [2.45, 2.75) is 6.92 Å². The average molecular weight is 347 g/mol. The van der Waals surface area contributed by atoms with Crippen molar-refractivity contribution in [1.29, 1.82) is 0 Å². The number of ether oxygens (including phenoxy) is 3. The van der Waals surface area contributed by atoms with Crippen LogP contribution in [0.4, 0.5) is 10.1 Å². The maximum atomic E-state index is 13.2. The second-order valence-electron chi connectivity index (χ2n) is 5.18. The van der Waals surface area contributed by atoms with Gasteiger partial charge < -0.3 is 19.5 Å². The number of methoxy groups -OCH3 is 2. The van der Waals surface area contributed by atoms with E-state index < -0.39 is 24.3 Å². The van der Waals surface area contributed by atoms with Gasteiger partial charge in [-0.05, 0) is 36.8 Å². The minimum absolute atomic E-state index is 0.186. The quantitative estimate of drug-likeness (QED) is 0.813. The first-order valence-corrected chi connectivity index (χ1v) is 7.39. The molecule has 0 radical (unpaired) electrons. The Morgan fingerprint density at radius 3 is 2.28 bits per heavy atom. The van der Waals surface area contributed by atoms with E-state index in [9.17, 15) is 14.0 Å². The Balaban J connectivity index is 1.99. The minimum Gasteiger partial charge on any atom is -0.497 e. The van der Waals surface area contributed by atoms with E-state index in [1.165, 1.54) is 38.5 Å². The van der Waals surface area contributed by atoms with Gasteiger partial charge in [-0.1, -0.05) is 6.07 Å². The van der Waals surface area contributed by atoms with Crippen LogP contribution in [-0.4, -0.2) is 32.7 Å². The summed E-state index contributed by atoms with van der Waals surface area (Å²) in [4.78, 5) is 24.0. The lowest BCUT2D eigenvalue weighted by molar-refractivity contribution is -0.119. The molecule has 0 aliphatic heterocycles. The van der Waals surface area contributed by atoms with Crippen molar-refractivity contribution in [3.8, 4) is 11.5 Å². The van der Waals surface area contributed by atoms with Gasteiger partial charge in [0.05, 0.1) is 19.8 Å². The summed E-state index contributed by atoms with van der Waals surface area (Å²) in [6, 6.07) is 8.58. The highest BCUT2D eigenvalue weighted by Crippen LogP contribution is 2.23. The number of rotatable bonds is 6. The smallest absolute Gasteiger partial charge is 0.338 e. The van der Waals surface area contributed by atoms with Crippen molar-refractivity contribution in [2.24, 2.45) is 0 Å². The van der Waals surface area contributed by atoms with Gasteiger partial charge >= 0.3 is 5.97 Å². The summed E-state index contributed by atoms with van der Waals surface area (Å²) < 4.78 is 28.3. The molecule has 0 spiro atoms. The summed E-state index contributed by atoms with van der Waals surface area (Å²) in [5.74, 6) is -0.904. The van der Waals surface area contributed by atoms with Crippen LogP contribution in [0.2, 0.25) is 0 Å². The molecule has 1 N–H and O–H groups in total. The number of benzene rings is 2. The lowest BCUT2D eigenvalue weighted by atomic mass is 10.2. The lowest BCUT2D eigenvalue weighted by Crippen LogP contribution is -2.21. The Kier molecular flexibility index (Phi) is 5.94. The second-order valence-corrected chi connectivity index (χ2v) is 5.18. The highest BCUT2D eigenvalue weighted by molar-refractivity contribution is 5.96. The highest BCUT2D eigenvalue weighted by atomic mass is 19.1. The third-order valence-corrected chi connectivity index (χ3v) is 3.40. The van der Waals surface area contributed by atoms with Gasteiger partial charge in [0.15, 0.2) is 6.61 Å². The van der Waals surface area contributed by atoms with Gasteiger partial charge in [-0.25, -0.2) is 9.18 Å². The van der Waals surface area contributed by atoms with Crippen molar-refractivity contribution in [3.05, 3.63) is 53.3 Å². The number of hydrogen-bond acceptors (Lipinski definition) is 5. The number of aryl methyl sites for hydroxylation is 1. The van der Waals surface area contributed by atoms with Crippen molar-refractivity contribution >= 4 is 17.6 Å². The number of hydrogen-bond donors (Lipinski definition) is 1. The molecule has 0 fully saturated rings. The largest absolute Gasteiger partial charge is 0.497 e. The van der Waals surface area contributed by atoms with Crippen LogP contribution < -0.4 is 14.8 Å². The molecule has 0 saturated carbocycles. The summed E-state index contributed by atoms with van der Waals surface area (Å²) in [7, 11) is 2.91. The molecule has 0 aromatic heterocycles. The summed E-state index contributed by atoms with van der Waals surface area (Å²) in [5.41, 5.74) is 1.20. The first kappa shape index (κ1) is 18.3. The molecule has 0 saturated heterocycles. The van der Waals surface area contributed by atoms with Gasteiger partial charge in [-0.15, -0.1) is 0 Å². The van der Waals surface area contributed by atoms with Crippen LogP contribution in [0.25, 0.3) is 0 Å². The van der Waals surface area contributed by atoms with Gasteiger partial charge in [-0.3, -0.25) is 4.79 Å². The van der Waals surface area contributed by atoms with E-state index in [0.29, 0.717) is 22.7 Å². The maximum Gasteiger partial charge on any atom is 0.338 e. The summed E-state index contributed by atoms with van der Waals surface area (Å²) in [5, 5.41) is 2.50. The van der Waals surface area contributed by atoms with E-state index >= 15 is 0 Å². The highest BCUT2D eigenvalue weighted by Gasteiger charge is 2.14. The van der Waals surface area contributed by atoms with E-state index in [1.54, 1.807) is 19.1 Å². The predicted molar refractivity (Wildman–Crippen MR) is 89.6 cm³/mol. The molecule has 0 aliphatic rings. The van der Waals surface area contributed by atoms with Gasteiger partial charge in [0.1, 0.15) is 17.3 Å². The Morgan fingerprint density at radius 1 is 1.04 bits per heavy atom.